The van der Waals surface area contributed by atoms with Gasteiger partial charge in [-0.3, -0.25) is 0 Å². The second kappa shape index (κ2) is 4.29. The molecule has 0 aliphatic heterocycles. The number of halogens is 2. The Balaban J connectivity index is 3.12. The van der Waals surface area contributed by atoms with Crippen LogP contribution in [-0.2, 0) is 0 Å². The Morgan fingerprint density at radius 2 is 1.62 bits per heavy atom. The van der Waals surface area contributed by atoms with Crippen LogP contribution >= 0.6 is 23.2 Å². The van der Waals surface area contributed by atoms with Gasteiger partial charge in [-0.15, -0.1) is 0 Å². The molecule has 4 heteroatoms. The summed E-state index contributed by atoms with van der Waals surface area (Å²) in [5, 5.41) is 1.13. The van der Waals surface area contributed by atoms with Gasteiger partial charge in [0.2, 0.25) is 0 Å². The summed E-state index contributed by atoms with van der Waals surface area (Å²) in [6.07, 6.45) is 0. The molecule has 2 nitrogen and oxygen atoms in total. The standard InChI is InChI=1S/C9H12Cl2N2/c1-5(12)9(13)8-6(10)3-2-4-7(8)11/h2-5,9H,12-13H2,1H3. The summed E-state index contributed by atoms with van der Waals surface area (Å²) in [6.45, 7) is 1.82. The maximum absolute atomic E-state index is 5.95. The van der Waals surface area contributed by atoms with Gasteiger partial charge in [0.15, 0.2) is 0 Å². The molecule has 0 aliphatic rings. The molecule has 72 valence electrons. The highest BCUT2D eigenvalue weighted by atomic mass is 35.5. The van der Waals surface area contributed by atoms with Crippen molar-refractivity contribution >= 4 is 23.2 Å². The third-order valence-electron chi connectivity index (χ3n) is 1.90. The number of rotatable bonds is 2. The van der Waals surface area contributed by atoms with Crippen molar-refractivity contribution in [1.29, 1.82) is 0 Å². The van der Waals surface area contributed by atoms with Gasteiger partial charge in [0.25, 0.3) is 0 Å². The first-order valence-electron chi connectivity index (χ1n) is 3.99. The summed E-state index contributed by atoms with van der Waals surface area (Å²) in [7, 11) is 0. The largest absolute Gasteiger partial charge is 0.326 e. The van der Waals surface area contributed by atoms with Crippen molar-refractivity contribution in [3.63, 3.8) is 0 Å². The molecule has 1 aromatic rings. The zero-order valence-corrected chi connectivity index (χ0v) is 8.81. The van der Waals surface area contributed by atoms with Crippen LogP contribution in [0.5, 0.6) is 0 Å². The van der Waals surface area contributed by atoms with E-state index in [1.54, 1.807) is 18.2 Å². The van der Waals surface area contributed by atoms with Crippen molar-refractivity contribution in [3.05, 3.63) is 33.8 Å². The van der Waals surface area contributed by atoms with E-state index in [0.717, 1.165) is 5.56 Å². The van der Waals surface area contributed by atoms with Crippen molar-refractivity contribution in [2.24, 2.45) is 11.5 Å². The van der Waals surface area contributed by atoms with Crippen LogP contribution in [-0.4, -0.2) is 6.04 Å². The molecule has 0 aromatic heterocycles. The van der Waals surface area contributed by atoms with E-state index < -0.39 is 0 Å². The van der Waals surface area contributed by atoms with Crippen molar-refractivity contribution in [2.75, 3.05) is 0 Å². The zero-order valence-electron chi connectivity index (χ0n) is 7.30. The summed E-state index contributed by atoms with van der Waals surface area (Å²) in [6, 6.07) is 4.80. The molecule has 0 bridgehead atoms. The average molecular weight is 219 g/mol. The van der Waals surface area contributed by atoms with E-state index in [-0.39, 0.29) is 12.1 Å². The van der Waals surface area contributed by atoms with Crippen LogP contribution < -0.4 is 11.5 Å². The molecular weight excluding hydrogens is 207 g/mol. The van der Waals surface area contributed by atoms with Gasteiger partial charge in [-0.1, -0.05) is 29.3 Å². The molecule has 13 heavy (non-hydrogen) atoms. The average Bonchev–Trinajstić information content (AvgIpc) is 2.03. The van der Waals surface area contributed by atoms with Gasteiger partial charge >= 0.3 is 0 Å². The highest BCUT2D eigenvalue weighted by Gasteiger charge is 2.16. The number of hydrogen-bond donors (Lipinski definition) is 2. The van der Waals surface area contributed by atoms with E-state index in [2.05, 4.69) is 0 Å². The molecule has 0 saturated carbocycles. The van der Waals surface area contributed by atoms with Gasteiger partial charge in [-0.25, -0.2) is 0 Å². The lowest BCUT2D eigenvalue weighted by Crippen LogP contribution is -2.31. The normalized spacial score (nSPS) is 15.5. The quantitative estimate of drug-likeness (QED) is 0.801. The maximum atomic E-state index is 5.95. The Bertz CT molecular complexity index is 279. The predicted octanol–water partition coefficient (Wildman–Crippen LogP) is 2.34. The predicted molar refractivity (Wildman–Crippen MR) is 57.0 cm³/mol. The van der Waals surface area contributed by atoms with Gasteiger partial charge in [0, 0.05) is 27.7 Å². The lowest BCUT2D eigenvalue weighted by Gasteiger charge is -2.18. The Labute approximate surface area is 87.8 Å². The highest BCUT2D eigenvalue weighted by molar-refractivity contribution is 6.36. The van der Waals surface area contributed by atoms with Crippen LogP contribution in [0, 0.1) is 0 Å². The molecule has 2 unspecified atom stereocenters. The Morgan fingerprint density at radius 1 is 1.15 bits per heavy atom. The highest BCUT2D eigenvalue weighted by Crippen LogP contribution is 2.29. The molecule has 1 rings (SSSR count). The zero-order chi connectivity index (χ0) is 10.0. The van der Waals surface area contributed by atoms with E-state index in [0.29, 0.717) is 10.0 Å². The molecule has 1 aromatic carbocycles. The van der Waals surface area contributed by atoms with Crippen molar-refractivity contribution in [2.45, 2.75) is 19.0 Å². The molecule has 0 aliphatic carbocycles. The van der Waals surface area contributed by atoms with Gasteiger partial charge in [0.1, 0.15) is 0 Å². The first-order chi connectivity index (χ1) is 6.04. The van der Waals surface area contributed by atoms with Gasteiger partial charge in [-0.05, 0) is 19.1 Å². The van der Waals surface area contributed by atoms with Crippen molar-refractivity contribution in [3.8, 4) is 0 Å². The fourth-order valence-electron chi connectivity index (χ4n) is 1.09. The Hall–Kier alpha value is -0.280. The molecule has 0 heterocycles. The van der Waals surface area contributed by atoms with Gasteiger partial charge in [0.05, 0.1) is 0 Å². The number of nitrogens with two attached hydrogens (primary N) is 2. The Kier molecular flexibility index (Phi) is 3.56. The summed E-state index contributed by atoms with van der Waals surface area (Å²) < 4.78 is 0. The minimum atomic E-state index is -0.318. The lowest BCUT2D eigenvalue weighted by molar-refractivity contribution is 0.589. The lowest BCUT2D eigenvalue weighted by atomic mass is 10.0. The second-order valence-corrected chi connectivity index (χ2v) is 3.83. The topological polar surface area (TPSA) is 52.0 Å². The minimum absolute atomic E-state index is 0.169. The van der Waals surface area contributed by atoms with Crippen LogP contribution in [0.2, 0.25) is 10.0 Å². The first-order valence-corrected chi connectivity index (χ1v) is 4.74. The monoisotopic (exact) mass is 218 g/mol. The van der Waals surface area contributed by atoms with E-state index in [4.69, 9.17) is 34.7 Å². The molecule has 0 saturated heterocycles. The minimum Gasteiger partial charge on any atom is -0.326 e. The number of hydrogen-bond acceptors (Lipinski definition) is 2. The second-order valence-electron chi connectivity index (χ2n) is 3.02. The fraction of sp³-hybridized carbons (Fsp3) is 0.333. The molecule has 0 fully saturated rings. The van der Waals surface area contributed by atoms with Crippen molar-refractivity contribution in [1.82, 2.24) is 0 Å². The van der Waals surface area contributed by atoms with Crippen LogP contribution in [0.3, 0.4) is 0 Å². The van der Waals surface area contributed by atoms with Crippen molar-refractivity contribution < 1.29 is 0 Å². The smallest absolute Gasteiger partial charge is 0.0475 e. The van der Waals surface area contributed by atoms with E-state index >= 15 is 0 Å². The third-order valence-corrected chi connectivity index (χ3v) is 2.56. The summed E-state index contributed by atoms with van der Waals surface area (Å²) in [4.78, 5) is 0. The van der Waals surface area contributed by atoms with Crippen LogP contribution in [0.15, 0.2) is 18.2 Å². The van der Waals surface area contributed by atoms with Crippen LogP contribution in [0.1, 0.15) is 18.5 Å². The van der Waals surface area contributed by atoms with E-state index in [9.17, 15) is 0 Å². The molecule has 2 atom stereocenters. The Morgan fingerprint density at radius 3 is 2.00 bits per heavy atom. The molecule has 0 spiro atoms. The maximum Gasteiger partial charge on any atom is 0.0475 e. The fourth-order valence-corrected chi connectivity index (χ4v) is 1.74. The van der Waals surface area contributed by atoms with Crippen LogP contribution in [0.4, 0.5) is 0 Å². The van der Waals surface area contributed by atoms with Gasteiger partial charge < -0.3 is 11.5 Å². The van der Waals surface area contributed by atoms with Gasteiger partial charge in [-0.2, -0.15) is 0 Å². The first kappa shape index (κ1) is 10.8. The van der Waals surface area contributed by atoms with E-state index in [1.807, 2.05) is 6.92 Å². The molecular formula is C9H12Cl2N2. The molecule has 4 N–H and O–H groups in total. The van der Waals surface area contributed by atoms with E-state index in [1.165, 1.54) is 0 Å². The summed E-state index contributed by atoms with van der Waals surface area (Å²) in [5.41, 5.74) is 12.2. The molecule has 0 radical (unpaired) electrons. The third kappa shape index (κ3) is 2.35. The molecule has 0 amide bonds. The summed E-state index contributed by atoms with van der Waals surface area (Å²) >= 11 is 11.9. The SMILES string of the molecule is CC(N)C(N)c1c(Cl)cccc1Cl. The summed E-state index contributed by atoms with van der Waals surface area (Å²) in [5.74, 6) is 0. The number of benzene rings is 1. The van der Waals surface area contributed by atoms with Crippen LogP contribution in [0.25, 0.3) is 0 Å².